The van der Waals surface area contributed by atoms with E-state index >= 15 is 0 Å². The first-order valence-corrected chi connectivity index (χ1v) is 10.1. The zero-order chi connectivity index (χ0) is 19.8. The molecular weight excluding hydrogens is 360 g/mol. The fourth-order valence-electron chi connectivity index (χ4n) is 5.73. The lowest BCUT2D eigenvalue weighted by molar-refractivity contribution is -0.000317. The lowest BCUT2D eigenvalue weighted by atomic mass is 9.59. The van der Waals surface area contributed by atoms with Gasteiger partial charge >= 0.3 is 0 Å². The van der Waals surface area contributed by atoms with E-state index in [9.17, 15) is 19.8 Å². The van der Waals surface area contributed by atoms with Crippen LogP contribution in [-0.2, 0) is 9.47 Å². The highest BCUT2D eigenvalue weighted by atomic mass is 16.6. The minimum absolute atomic E-state index is 0.0286. The highest BCUT2D eigenvalue weighted by molar-refractivity contribution is 6.28. The molecule has 6 heteroatoms. The van der Waals surface area contributed by atoms with Crippen LogP contribution in [0.15, 0.2) is 29.3 Å². The van der Waals surface area contributed by atoms with Gasteiger partial charge in [0.05, 0.1) is 11.7 Å². The zero-order valence-electron chi connectivity index (χ0n) is 16.0. The quantitative estimate of drug-likeness (QED) is 0.777. The molecule has 4 aliphatic rings. The van der Waals surface area contributed by atoms with Crippen LogP contribution in [0.1, 0.15) is 53.8 Å². The van der Waals surface area contributed by atoms with Gasteiger partial charge in [0.15, 0.2) is 11.6 Å². The molecule has 1 spiro atoms. The van der Waals surface area contributed by atoms with E-state index in [4.69, 9.17) is 9.47 Å². The average molecular weight is 384 g/mol. The molecule has 0 amide bonds. The van der Waals surface area contributed by atoms with Gasteiger partial charge in [-0.3, -0.25) is 9.59 Å². The monoisotopic (exact) mass is 384 g/mol. The van der Waals surface area contributed by atoms with Gasteiger partial charge in [-0.15, -0.1) is 0 Å². The van der Waals surface area contributed by atoms with E-state index in [0.29, 0.717) is 24.5 Å². The number of hydrogen-bond acceptors (Lipinski definition) is 6. The lowest BCUT2D eigenvalue weighted by Gasteiger charge is -2.44. The second-order valence-corrected chi connectivity index (χ2v) is 8.31. The topological polar surface area (TPSA) is 96.4 Å². The summed E-state index contributed by atoms with van der Waals surface area (Å²) < 4.78 is 12.1. The fourth-order valence-corrected chi connectivity index (χ4v) is 5.73. The number of epoxide rings is 1. The number of ketones is 2. The van der Waals surface area contributed by atoms with Gasteiger partial charge in [0, 0.05) is 29.2 Å². The van der Waals surface area contributed by atoms with E-state index in [1.54, 1.807) is 12.1 Å². The van der Waals surface area contributed by atoms with Crippen molar-refractivity contribution in [3.63, 3.8) is 0 Å². The maximum Gasteiger partial charge on any atom is 0.196 e. The number of hydrogen-bond donors (Lipinski definition) is 2. The molecule has 0 radical (unpaired) electrons. The van der Waals surface area contributed by atoms with Crippen molar-refractivity contribution in [2.24, 2.45) is 11.8 Å². The number of benzene rings is 1. The summed E-state index contributed by atoms with van der Waals surface area (Å²) in [5.41, 5.74) is 0.176. The summed E-state index contributed by atoms with van der Waals surface area (Å²) in [7, 11) is 0. The normalized spacial score (nSPS) is 38.5. The number of aromatic hydroxyl groups is 1. The van der Waals surface area contributed by atoms with Gasteiger partial charge in [-0.2, -0.15) is 0 Å². The summed E-state index contributed by atoms with van der Waals surface area (Å²) in [6, 6.07) is 4.53. The third-order valence-electron chi connectivity index (χ3n) is 6.95. The number of fused-ring (bicyclic) bond motifs is 2. The smallest absolute Gasteiger partial charge is 0.196 e. The van der Waals surface area contributed by atoms with E-state index in [1.807, 2.05) is 6.92 Å². The Kier molecular flexibility index (Phi) is 3.86. The molecule has 0 bridgehead atoms. The maximum absolute atomic E-state index is 13.5. The number of aliphatic hydroxyl groups excluding tert-OH is 1. The SMILES string of the molecule is CCO[C@@H]1C2=C(C(=O)c3cccc(O)c3C2=O)[C@@H]2[C@@H](O)C[C@@H](CC)C[C@@]23O[C@@H]13. The van der Waals surface area contributed by atoms with Crippen LogP contribution >= 0.6 is 0 Å². The van der Waals surface area contributed by atoms with Gasteiger partial charge in [0.1, 0.15) is 23.6 Å². The van der Waals surface area contributed by atoms with Crippen molar-refractivity contribution in [1.82, 2.24) is 0 Å². The molecule has 2 N–H and O–H groups in total. The van der Waals surface area contributed by atoms with Crippen molar-refractivity contribution in [2.45, 2.75) is 57.0 Å². The molecule has 1 aromatic rings. The van der Waals surface area contributed by atoms with Crippen LogP contribution in [0, 0.1) is 11.8 Å². The predicted molar refractivity (Wildman–Crippen MR) is 99.3 cm³/mol. The van der Waals surface area contributed by atoms with E-state index in [1.165, 1.54) is 6.07 Å². The van der Waals surface area contributed by atoms with Crippen LogP contribution in [0.5, 0.6) is 5.75 Å². The van der Waals surface area contributed by atoms with E-state index in [2.05, 4.69) is 6.92 Å². The minimum Gasteiger partial charge on any atom is -0.507 e. The van der Waals surface area contributed by atoms with Gasteiger partial charge in [0.25, 0.3) is 0 Å². The highest BCUT2D eigenvalue weighted by Crippen LogP contribution is 2.63. The second kappa shape index (κ2) is 5.99. The molecule has 0 unspecified atom stereocenters. The Balaban J connectivity index is 1.71. The standard InChI is InChI=1S/C22H24O6/c1-3-10-8-13(24)17-15-16(20(27-4-2)21-22(17,9-10)28-21)19(26)14-11(18(15)25)6-5-7-12(14)23/h5-7,10,13,17,20-21,23-24H,3-4,8-9H2,1-2H3/t10-,13+,17+,20-,21+,22-/m1/s1. The molecule has 1 saturated heterocycles. The number of Topliss-reactive ketones (excluding diaryl/α,β-unsaturated/α-hetero) is 2. The molecule has 2 fully saturated rings. The number of ether oxygens (including phenoxy) is 2. The third-order valence-corrected chi connectivity index (χ3v) is 6.95. The predicted octanol–water partition coefficient (Wildman–Crippen LogP) is 2.42. The van der Waals surface area contributed by atoms with Crippen LogP contribution in [0.3, 0.4) is 0 Å². The highest BCUT2D eigenvalue weighted by Gasteiger charge is 2.73. The van der Waals surface area contributed by atoms with Gasteiger partial charge in [-0.1, -0.05) is 25.5 Å². The van der Waals surface area contributed by atoms with E-state index < -0.39 is 29.5 Å². The summed E-state index contributed by atoms with van der Waals surface area (Å²) in [6.45, 7) is 4.30. The van der Waals surface area contributed by atoms with Crippen LogP contribution in [0.4, 0.5) is 0 Å². The van der Waals surface area contributed by atoms with Crippen molar-refractivity contribution < 1.29 is 29.3 Å². The van der Waals surface area contributed by atoms with Gasteiger partial charge < -0.3 is 19.7 Å². The third kappa shape index (κ3) is 2.14. The molecule has 5 rings (SSSR count). The molecule has 1 saturated carbocycles. The summed E-state index contributed by atoms with van der Waals surface area (Å²) in [5.74, 6) is -1.13. The minimum atomic E-state index is -0.744. The molecule has 6 nitrogen and oxygen atoms in total. The Bertz CT molecular complexity index is 918. The largest absolute Gasteiger partial charge is 0.507 e. The Hall–Kier alpha value is -2.02. The number of carbonyl (C=O) groups is 2. The van der Waals surface area contributed by atoms with Crippen LogP contribution in [0.25, 0.3) is 0 Å². The van der Waals surface area contributed by atoms with Crippen molar-refractivity contribution in [2.75, 3.05) is 6.61 Å². The van der Waals surface area contributed by atoms with E-state index in [-0.39, 0.29) is 34.3 Å². The molecule has 6 atom stereocenters. The van der Waals surface area contributed by atoms with Crippen molar-refractivity contribution in [3.8, 4) is 5.75 Å². The molecular formula is C22H24O6. The number of rotatable bonds is 3. The summed E-state index contributed by atoms with van der Waals surface area (Å²) in [5, 5.41) is 21.3. The molecule has 1 aliphatic heterocycles. The van der Waals surface area contributed by atoms with Gasteiger partial charge in [-0.05, 0) is 31.7 Å². The number of phenols is 1. The fraction of sp³-hybridized carbons (Fsp3) is 0.545. The van der Waals surface area contributed by atoms with Crippen LogP contribution in [-0.4, -0.2) is 52.3 Å². The maximum atomic E-state index is 13.5. The second-order valence-electron chi connectivity index (χ2n) is 8.31. The molecule has 148 valence electrons. The zero-order valence-corrected chi connectivity index (χ0v) is 16.0. The van der Waals surface area contributed by atoms with Crippen molar-refractivity contribution in [3.05, 3.63) is 40.5 Å². The Morgan fingerprint density at radius 3 is 2.71 bits per heavy atom. The molecule has 1 heterocycles. The first-order chi connectivity index (χ1) is 13.4. The Morgan fingerprint density at radius 2 is 2.00 bits per heavy atom. The van der Waals surface area contributed by atoms with Crippen molar-refractivity contribution in [1.29, 1.82) is 0 Å². The van der Waals surface area contributed by atoms with Crippen molar-refractivity contribution >= 4 is 11.6 Å². The molecule has 1 aromatic carbocycles. The lowest BCUT2D eigenvalue weighted by Crippen LogP contribution is -2.53. The van der Waals surface area contributed by atoms with Gasteiger partial charge in [0.2, 0.25) is 0 Å². The number of carbonyl (C=O) groups excluding carboxylic acids is 2. The summed E-state index contributed by atoms with van der Waals surface area (Å²) >= 11 is 0. The van der Waals surface area contributed by atoms with E-state index in [0.717, 1.165) is 12.8 Å². The summed E-state index contributed by atoms with van der Waals surface area (Å²) in [6.07, 6.45) is 0.532. The Morgan fingerprint density at radius 1 is 1.21 bits per heavy atom. The molecule has 3 aliphatic carbocycles. The Labute approximate surface area is 163 Å². The van der Waals surface area contributed by atoms with Crippen LogP contribution in [0.2, 0.25) is 0 Å². The number of aliphatic hydroxyl groups is 1. The molecule has 28 heavy (non-hydrogen) atoms. The van der Waals surface area contributed by atoms with Gasteiger partial charge in [-0.25, -0.2) is 0 Å². The number of phenolic OH excluding ortho intramolecular Hbond substituents is 1. The summed E-state index contributed by atoms with van der Waals surface area (Å²) in [4.78, 5) is 26.8. The first kappa shape index (κ1) is 18.0. The molecule has 0 aromatic heterocycles. The van der Waals surface area contributed by atoms with Crippen LogP contribution < -0.4 is 0 Å². The average Bonchev–Trinajstić information content (AvgIpc) is 3.38. The first-order valence-electron chi connectivity index (χ1n) is 10.1.